The Hall–Kier alpha value is -0.590. The second kappa shape index (κ2) is 5.66. The van der Waals surface area contributed by atoms with Crippen LogP contribution in [0.5, 0.6) is 0 Å². The minimum atomic E-state index is -0.845. The molecule has 1 saturated carbocycles. The molecule has 20 heavy (non-hydrogen) atoms. The highest BCUT2D eigenvalue weighted by Gasteiger charge is 2.54. The fourth-order valence-electron chi connectivity index (χ4n) is 4.00. The lowest BCUT2D eigenvalue weighted by atomic mass is 9.58. The number of aliphatic hydroxyl groups is 1. The number of ether oxygens (including phenoxy) is 1. The molecule has 2 fully saturated rings. The van der Waals surface area contributed by atoms with Gasteiger partial charge in [0.1, 0.15) is 5.41 Å². The topological polar surface area (TPSA) is 53.2 Å². The van der Waals surface area contributed by atoms with Gasteiger partial charge in [-0.3, -0.25) is 0 Å². The largest absolute Gasteiger partial charge is 0.388 e. The molecule has 0 amide bonds. The molecule has 2 rings (SSSR count). The van der Waals surface area contributed by atoms with Gasteiger partial charge in [0, 0.05) is 6.61 Å². The summed E-state index contributed by atoms with van der Waals surface area (Å²) in [6.45, 7) is 8.02. The van der Waals surface area contributed by atoms with Gasteiger partial charge < -0.3 is 9.84 Å². The number of nitriles is 1. The Morgan fingerprint density at radius 1 is 1.30 bits per heavy atom. The van der Waals surface area contributed by atoms with Gasteiger partial charge in [-0.05, 0) is 49.9 Å². The molecule has 1 aliphatic carbocycles. The first kappa shape index (κ1) is 15.8. The molecule has 0 aromatic carbocycles. The van der Waals surface area contributed by atoms with Crippen molar-refractivity contribution < 1.29 is 9.84 Å². The van der Waals surface area contributed by atoms with E-state index in [1.54, 1.807) is 0 Å². The average molecular weight is 279 g/mol. The van der Waals surface area contributed by atoms with Gasteiger partial charge in [-0.2, -0.15) is 5.26 Å². The Bertz CT molecular complexity index is 369. The molecule has 0 bridgehead atoms. The van der Waals surface area contributed by atoms with Crippen molar-refractivity contribution >= 4 is 0 Å². The molecule has 0 radical (unpaired) electrons. The molecule has 3 heteroatoms. The summed E-state index contributed by atoms with van der Waals surface area (Å²) in [5.41, 5.74) is -1.18. The Kier molecular flexibility index (Phi) is 4.47. The van der Waals surface area contributed by atoms with E-state index in [0.717, 1.165) is 45.1 Å². The van der Waals surface area contributed by atoms with Crippen molar-refractivity contribution in [3.05, 3.63) is 0 Å². The third-order valence-electron chi connectivity index (χ3n) is 6.17. The molecule has 1 heterocycles. The Morgan fingerprint density at radius 2 is 1.95 bits per heavy atom. The predicted octanol–water partition coefficient (Wildman–Crippen LogP) is 3.66. The van der Waals surface area contributed by atoms with Crippen LogP contribution in [-0.2, 0) is 4.74 Å². The summed E-state index contributed by atoms with van der Waals surface area (Å²) in [6.07, 6.45) is 6.39. The highest BCUT2D eigenvalue weighted by molar-refractivity contribution is 5.14. The van der Waals surface area contributed by atoms with Crippen LogP contribution in [-0.4, -0.2) is 23.9 Å². The van der Waals surface area contributed by atoms with E-state index in [1.165, 1.54) is 6.42 Å². The highest BCUT2D eigenvalue weighted by atomic mass is 16.5. The van der Waals surface area contributed by atoms with E-state index < -0.39 is 11.0 Å². The van der Waals surface area contributed by atoms with Gasteiger partial charge in [0.25, 0.3) is 0 Å². The minimum Gasteiger partial charge on any atom is -0.388 e. The van der Waals surface area contributed by atoms with Gasteiger partial charge in [-0.15, -0.1) is 0 Å². The first-order chi connectivity index (χ1) is 9.39. The lowest BCUT2D eigenvalue weighted by molar-refractivity contribution is -0.145. The summed E-state index contributed by atoms with van der Waals surface area (Å²) in [5, 5.41) is 20.7. The van der Waals surface area contributed by atoms with Gasteiger partial charge in [-0.25, -0.2) is 0 Å². The van der Waals surface area contributed by atoms with Gasteiger partial charge >= 0.3 is 0 Å². The SMILES string of the molecule is CCC(C)(C)C1CCC(O)(C2(C#N)CCCOC2)CC1. The van der Waals surface area contributed by atoms with Crippen molar-refractivity contribution in [2.24, 2.45) is 16.7 Å². The van der Waals surface area contributed by atoms with Crippen LogP contribution in [0.15, 0.2) is 0 Å². The van der Waals surface area contributed by atoms with Gasteiger partial charge in [0.05, 0.1) is 18.3 Å². The predicted molar refractivity (Wildman–Crippen MR) is 79.1 cm³/mol. The maximum absolute atomic E-state index is 11.1. The van der Waals surface area contributed by atoms with Gasteiger partial charge in [0.2, 0.25) is 0 Å². The second-order valence-electron chi connectivity index (χ2n) is 7.50. The first-order valence-corrected chi connectivity index (χ1v) is 8.10. The lowest BCUT2D eigenvalue weighted by Crippen LogP contribution is -2.54. The molecule has 0 spiro atoms. The quantitative estimate of drug-likeness (QED) is 0.857. The molecule has 1 saturated heterocycles. The van der Waals surface area contributed by atoms with Crippen molar-refractivity contribution in [2.45, 2.75) is 71.3 Å². The van der Waals surface area contributed by atoms with Crippen LogP contribution in [0.1, 0.15) is 65.7 Å². The molecule has 2 aliphatic rings. The van der Waals surface area contributed by atoms with Gasteiger partial charge in [-0.1, -0.05) is 27.2 Å². The maximum atomic E-state index is 11.1. The van der Waals surface area contributed by atoms with Gasteiger partial charge in [0.15, 0.2) is 0 Å². The second-order valence-corrected chi connectivity index (χ2v) is 7.50. The normalized spacial score (nSPS) is 39.2. The van der Waals surface area contributed by atoms with Crippen LogP contribution in [0.2, 0.25) is 0 Å². The Morgan fingerprint density at radius 3 is 2.40 bits per heavy atom. The number of rotatable bonds is 3. The van der Waals surface area contributed by atoms with E-state index in [2.05, 4.69) is 26.8 Å². The first-order valence-electron chi connectivity index (χ1n) is 8.10. The maximum Gasteiger partial charge on any atom is 0.109 e. The summed E-state index contributed by atoms with van der Waals surface area (Å²) in [5.74, 6) is 0.660. The van der Waals surface area contributed by atoms with Crippen molar-refractivity contribution in [2.75, 3.05) is 13.2 Å². The monoisotopic (exact) mass is 279 g/mol. The number of hydrogen-bond donors (Lipinski definition) is 1. The fourth-order valence-corrected chi connectivity index (χ4v) is 4.00. The molecule has 1 unspecified atom stereocenters. The fraction of sp³-hybridized carbons (Fsp3) is 0.941. The van der Waals surface area contributed by atoms with E-state index in [9.17, 15) is 10.4 Å². The standard InChI is InChI=1S/C17H29NO2/c1-4-15(2,3)14-6-9-17(19,10-7-14)16(12-18)8-5-11-20-13-16/h14,19H,4-11,13H2,1-3H3. The van der Waals surface area contributed by atoms with Crippen molar-refractivity contribution in [1.29, 1.82) is 5.26 Å². The zero-order valence-corrected chi connectivity index (χ0v) is 13.2. The summed E-state index contributed by atoms with van der Waals surface area (Å²) in [6, 6.07) is 2.42. The molecule has 0 aromatic heterocycles. The summed E-state index contributed by atoms with van der Waals surface area (Å²) < 4.78 is 5.53. The van der Waals surface area contributed by atoms with Crippen LogP contribution < -0.4 is 0 Å². The Labute approximate surface area is 123 Å². The zero-order valence-electron chi connectivity index (χ0n) is 13.2. The third-order valence-corrected chi connectivity index (χ3v) is 6.17. The molecule has 1 aliphatic heterocycles. The van der Waals surface area contributed by atoms with E-state index in [-0.39, 0.29) is 0 Å². The molecule has 3 nitrogen and oxygen atoms in total. The molecular weight excluding hydrogens is 250 g/mol. The van der Waals surface area contributed by atoms with Crippen LogP contribution in [0.25, 0.3) is 0 Å². The van der Waals surface area contributed by atoms with Crippen molar-refractivity contribution in [3.8, 4) is 6.07 Å². The summed E-state index contributed by atoms with van der Waals surface area (Å²) >= 11 is 0. The number of nitrogens with zero attached hydrogens (tertiary/aromatic N) is 1. The summed E-state index contributed by atoms with van der Waals surface area (Å²) in [4.78, 5) is 0. The Balaban J connectivity index is 2.09. The zero-order chi connectivity index (χ0) is 14.9. The van der Waals surface area contributed by atoms with Crippen LogP contribution in [0, 0.1) is 28.1 Å². The van der Waals surface area contributed by atoms with Crippen LogP contribution >= 0.6 is 0 Å². The molecule has 0 aromatic rings. The smallest absolute Gasteiger partial charge is 0.109 e. The van der Waals surface area contributed by atoms with E-state index in [0.29, 0.717) is 17.9 Å². The molecule has 1 N–H and O–H groups in total. The van der Waals surface area contributed by atoms with Crippen LogP contribution in [0.4, 0.5) is 0 Å². The van der Waals surface area contributed by atoms with E-state index >= 15 is 0 Å². The highest BCUT2D eigenvalue weighted by Crippen LogP contribution is 2.51. The van der Waals surface area contributed by atoms with Crippen molar-refractivity contribution in [3.63, 3.8) is 0 Å². The lowest BCUT2D eigenvalue weighted by Gasteiger charge is -2.50. The molecule has 1 atom stereocenters. The van der Waals surface area contributed by atoms with Crippen LogP contribution in [0.3, 0.4) is 0 Å². The van der Waals surface area contributed by atoms with E-state index in [1.807, 2.05) is 0 Å². The number of hydrogen-bond acceptors (Lipinski definition) is 3. The third kappa shape index (κ3) is 2.61. The molecule has 114 valence electrons. The minimum absolute atomic E-state index is 0.338. The average Bonchev–Trinajstić information content (AvgIpc) is 2.48. The summed E-state index contributed by atoms with van der Waals surface area (Å²) in [7, 11) is 0. The van der Waals surface area contributed by atoms with Crippen molar-refractivity contribution in [1.82, 2.24) is 0 Å². The van der Waals surface area contributed by atoms with E-state index in [4.69, 9.17) is 4.74 Å². The molecular formula is C17H29NO2.